The Labute approximate surface area is 129 Å². The van der Waals surface area contributed by atoms with E-state index in [4.69, 9.17) is 4.42 Å². The predicted octanol–water partition coefficient (Wildman–Crippen LogP) is 2.92. The number of rotatable bonds is 3. The van der Waals surface area contributed by atoms with E-state index in [-0.39, 0.29) is 11.7 Å². The first-order valence-electron chi connectivity index (χ1n) is 7.70. The van der Waals surface area contributed by atoms with Crippen molar-refractivity contribution in [3.63, 3.8) is 0 Å². The summed E-state index contributed by atoms with van der Waals surface area (Å²) in [6.45, 7) is 5.97. The number of hydrogen-bond donors (Lipinski definition) is 1. The Balaban J connectivity index is 1.61. The number of hydrogen-bond acceptors (Lipinski definition) is 3. The third-order valence-corrected chi connectivity index (χ3v) is 4.42. The molecule has 1 fully saturated rings. The van der Waals surface area contributed by atoms with Crippen molar-refractivity contribution in [2.24, 2.45) is 5.92 Å². The molecule has 2 aromatic rings. The Bertz CT molecular complexity index is 682. The first kappa shape index (κ1) is 15.0. The highest BCUT2D eigenvalue weighted by Crippen LogP contribution is 2.22. The van der Waals surface area contributed by atoms with Gasteiger partial charge in [-0.15, -0.1) is 0 Å². The minimum absolute atomic E-state index is 0.143. The minimum Gasteiger partial charge on any atom is -0.460 e. The molecule has 4 nitrogen and oxygen atoms in total. The number of halogens is 1. The van der Waals surface area contributed by atoms with Gasteiger partial charge in [-0.2, -0.15) is 0 Å². The highest BCUT2D eigenvalue weighted by Gasteiger charge is 2.26. The molecule has 2 heterocycles. The maximum absolute atomic E-state index is 13.2. The molecular weight excluding hydrogens is 283 g/mol. The van der Waals surface area contributed by atoms with Crippen LogP contribution in [0.15, 0.2) is 28.7 Å². The number of nitrogens with one attached hydrogen (secondary N) is 1. The molecule has 0 radical (unpaired) electrons. The highest BCUT2D eigenvalue weighted by atomic mass is 19.1. The van der Waals surface area contributed by atoms with E-state index in [1.165, 1.54) is 12.1 Å². The molecule has 1 N–H and O–H groups in total. The Kier molecular flexibility index (Phi) is 4.16. The van der Waals surface area contributed by atoms with E-state index in [0.717, 1.165) is 30.7 Å². The van der Waals surface area contributed by atoms with Crippen molar-refractivity contribution < 1.29 is 13.6 Å². The second-order valence-corrected chi connectivity index (χ2v) is 6.11. The van der Waals surface area contributed by atoms with Crippen molar-refractivity contribution in [3.8, 4) is 0 Å². The lowest BCUT2D eigenvalue weighted by atomic mass is 9.94. The van der Waals surface area contributed by atoms with Gasteiger partial charge in [-0.3, -0.25) is 4.79 Å². The van der Waals surface area contributed by atoms with Crippen LogP contribution in [0.3, 0.4) is 0 Å². The third kappa shape index (κ3) is 3.14. The van der Waals surface area contributed by atoms with Crippen molar-refractivity contribution in [2.45, 2.75) is 32.9 Å². The molecule has 1 aromatic heterocycles. The van der Waals surface area contributed by atoms with E-state index in [9.17, 15) is 9.18 Å². The van der Waals surface area contributed by atoms with Crippen LogP contribution in [-0.4, -0.2) is 29.9 Å². The van der Waals surface area contributed by atoms with E-state index in [0.29, 0.717) is 24.1 Å². The maximum Gasteiger partial charge on any atom is 0.219 e. The Hall–Kier alpha value is -1.88. The molecule has 0 spiro atoms. The summed E-state index contributed by atoms with van der Waals surface area (Å²) in [5.41, 5.74) is 0.706. The fourth-order valence-electron chi connectivity index (χ4n) is 3.12. The predicted molar refractivity (Wildman–Crippen MR) is 82.8 cm³/mol. The molecule has 2 atom stereocenters. The number of likely N-dealkylation sites (tertiary alicyclic amines) is 1. The molecule has 0 aliphatic carbocycles. The van der Waals surface area contributed by atoms with Crippen LogP contribution in [0, 0.1) is 11.7 Å². The monoisotopic (exact) mass is 304 g/mol. The maximum atomic E-state index is 13.2. The first-order valence-corrected chi connectivity index (χ1v) is 7.70. The van der Waals surface area contributed by atoms with E-state index < -0.39 is 0 Å². The van der Waals surface area contributed by atoms with E-state index in [1.807, 2.05) is 11.0 Å². The molecule has 3 rings (SSSR count). The fraction of sp³-hybridized carbons (Fsp3) is 0.471. The smallest absolute Gasteiger partial charge is 0.219 e. The van der Waals surface area contributed by atoms with E-state index in [1.54, 1.807) is 13.0 Å². The van der Waals surface area contributed by atoms with Crippen LogP contribution in [0.1, 0.15) is 26.0 Å². The zero-order valence-electron chi connectivity index (χ0n) is 12.9. The molecule has 5 heteroatoms. The van der Waals surface area contributed by atoms with Gasteiger partial charge in [0.05, 0.1) is 6.54 Å². The quantitative estimate of drug-likeness (QED) is 0.948. The molecule has 118 valence electrons. The highest BCUT2D eigenvalue weighted by molar-refractivity contribution is 5.77. The van der Waals surface area contributed by atoms with Crippen molar-refractivity contribution in [1.29, 1.82) is 0 Å². The summed E-state index contributed by atoms with van der Waals surface area (Å²) in [6, 6.07) is 6.78. The Morgan fingerprint density at radius 2 is 2.27 bits per heavy atom. The van der Waals surface area contributed by atoms with Gasteiger partial charge in [-0.1, -0.05) is 6.92 Å². The number of furan rings is 1. The van der Waals surface area contributed by atoms with Gasteiger partial charge >= 0.3 is 0 Å². The van der Waals surface area contributed by atoms with Gasteiger partial charge in [0.25, 0.3) is 0 Å². The standard InChI is InChI=1S/C17H21FN2O2/c1-11-10-20(12(2)21)6-5-16(11)19-9-15-8-13-7-14(18)3-4-17(13)22-15/h3-4,7-8,11,16,19H,5-6,9-10H2,1-2H3/t11-,16+/m1/s1. The van der Waals surface area contributed by atoms with Crippen LogP contribution in [0.2, 0.25) is 0 Å². The minimum atomic E-state index is -0.252. The second kappa shape index (κ2) is 6.08. The summed E-state index contributed by atoms with van der Waals surface area (Å²) in [6.07, 6.45) is 0.940. The summed E-state index contributed by atoms with van der Waals surface area (Å²) in [7, 11) is 0. The van der Waals surface area contributed by atoms with Crippen LogP contribution < -0.4 is 5.32 Å². The summed E-state index contributed by atoms with van der Waals surface area (Å²) >= 11 is 0. The molecule has 1 amide bonds. The lowest BCUT2D eigenvalue weighted by Crippen LogP contribution is -2.49. The SMILES string of the molecule is CC(=O)N1CC[C@H](NCc2cc3cc(F)ccc3o2)[C@H](C)C1. The van der Waals surface area contributed by atoms with Crippen LogP contribution in [0.4, 0.5) is 4.39 Å². The van der Waals surface area contributed by atoms with Gasteiger partial charge in [0, 0.05) is 31.4 Å². The molecule has 1 aliphatic rings. The molecule has 22 heavy (non-hydrogen) atoms. The summed E-state index contributed by atoms with van der Waals surface area (Å²) in [5, 5.41) is 4.29. The Morgan fingerprint density at radius 1 is 1.45 bits per heavy atom. The second-order valence-electron chi connectivity index (χ2n) is 6.11. The molecule has 1 aliphatic heterocycles. The fourth-order valence-corrected chi connectivity index (χ4v) is 3.12. The number of carbonyl (C=O) groups is 1. The lowest BCUT2D eigenvalue weighted by Gasteiger charge is -2.36. The number of benzene rings is 1. The zero-order valence-corrected chi connectivity index (χ0v) is 12.9. The third-order valence-electron chi connectivity index (χ3n) is 4.42. The van der Waals surface area contributed by atoms with Gasteiger partial charge in [-0.05, 0) is 36.6 Å². The number of piperidine rings is 1. The Morgan fingerprint density at radius 3 is 3.00 bits per heavy atom. The average Bonchev–Trinajstić information content (AvgIpc) is 2.87. The van der Waals surface area contributed by atoms with Gasteiger partial charge in [0.1, 0.15) is 17.2 Å². The number of amides is 1. The van der Waals surface area contributed by atoms with Gasteiger partial charge in [0.2, 0.25) is 5.91 Å². The summed E-state index contributed by atoms with van der Waals surface area (Å²) in [4.78, 5) is 13.3. The van der Waals surface area contributed by atoms with Crippen molar-refractivity contribution >= 4 is 16.9 Å². The van der Waals surface area contributed by atoms with Crippen LogP contribution in [-0.2, 0) is 11.3 Å². The average molecular weight is 304 g/mol. The number of carbonyl (C=O) groups excluding carboxylic acids is 1. The molecular formula is C17H21FN2O2. The van der Waals surface area contributed by atoms with Gasteiger partial charge in [0.15, 0.2) is 0 Å². The largest absolute Gasteiger partial charge is 0.460 e. The van der Waals surface area contributed by atoms with Gasteiger partial charge < -0.3 is 14.6 Å². The number of nitrogens with zero attached hydrogens (tertiary/aromatic N) is 1. The topological polar surface area (TPSA) is 45.5 Å². The van der Waals surface area contributed by atoms with Crippen LogP contribution in [0.25, 0.3) is 11.0 Å². The van der Waals surface area contributed by atoms with Crippen LogP contribution in [0.5, 0.6) is 0 Å². The normalized spacial score (nSPS) is 22.2. The van der Waals surface area contributed by atoms with Crippen molar-refractivity contribution in [3.05, 3.63) is 35.8 Å². The van der Waals surface area contributed by atoms with Crippen LogP contribution >= 0.6 is 0 Å². The van der Waals surface area contributed by atoms with E-state index in [2.05, 4.69) is 12.2 Å². The molecule has 0 saturated carbocycles. The molecule has 0 unspecified atom stereocenters. The van der Waals surface area contributed by atoms with Gasteiger partial charge in [-0.25, -0.2) is 4.39 Å². The summed E-state index contributed by atoms with van der Waals surface area (Å²) < 4.78 is 18.9. The molecule has 1 saturated heterocycles. The molecule has 1 aromatic carbocycles. The molecule has 0 bridgehead atoms. The first-order chi connectivity index (χ1) is 10.5. The van der Waals surface area contributed by atoms with Crippen molar-refractivity contribution in [2.75, 3.05) is 13.1 Å². The van der Waals surface area contributed by atoms with E-state index >= 15 is 0 Å². The zero-order chi connectivity index (χ0) is 15.7. The van der Waals surface area contributed by atoms with Crippen molar-refractivity contribution in [1.82, 2.24) is 10.2 Å². The lowest BCUT2D eigenvalue weighted by molar-refractivity contribution is -0.130. The number of fused-ring (bicyclic) bond motifs is 1. The summed E-state index contributed by atoms with van der Waals surface area (Å²) in [5.74, 6) is 1.10.